The van der Waals surface area contributed by atoms with Gasteiger partial charge in [-0.3, -0.25) is 4.79 Å². The molecule has 0 saturated heterocycles. The van der Waals surface area contributed by atoms with E-state index in [0.717, 1.165) is 22.6 Å². The van der Waals surface area contributed by atoms with Gasteiger partial charge in [0.2, 0.25) is 5.88 Å². The number of benzene rings is 2. The Bertz CT molecular complexity index is 1010. The van der Waals surface area contributed by atoms with Crippen molar-refractivity contribution in [3.05, 3.63) is 59.2 Å². The highest BCUT2D eigenvalue weighted by Crippen LogP contribution is 2.36. The fourth-order valence-electron chi connectivity index (χ4n) is 2.84. The van der Waals surface area contributed by atoms with E-state index in [2.05, 4.69) is 4.37 Å². The lowest BCUT2D eigenvalue weighted by Gasteiger charge is -2.11. The Balaban J connectivity index is 1.83. The summed E-state index contributed by atoms with van der Waals surface area (Å²) >= 11 is 1.18. The predicted octanol–water partition coefficient (Wildman–Crippen LogP) is 4.70. The number of hydrogen-bond acceptors (Lipinski definition) is 6. The fraction of sp³-hybridized carbons (Fsp3) is 0.238. The lowest BCUT2D eigenvalue weighted by Crippen LogP contribution is -2.04. The number of nitrogens with zero attached hydrogens (tertiary/aromatic N) is 1. The van der Waals surface area contributed by atoms with E-state index in [-0.39, 0.29) is 25.0 Å². The summed E-state index contributed by atoms with van der Waals surface area (Å²) in [5, 5.41) is 8.72. The summed E-state index contributed by atoms with van der Waals surface area (Å²) in [5.41, 5.74) is 1.63. The second-order valence-corrected chi connectivity index (χ2v) is 7.07. The molecule has 30 heavy (non-hydrogen) atoms. The Labute approximate surface area is 175 Å². The van der Waals surface area contributed by atoms with Gasteiger partial charge in [0.15, 0.2) is 17.4 Å². The molecule has 3 rings (SSSR count). The second-order valence-electron chi connectivity index (χ2n) is 6.30. The van der Waals surface area contributed by atoms with E-state index in [1.165, 1.54) is 18.6 Å². The van der Waals surface area contributed by atoms with Crippen LogP contribution in [0.4, 0.5) is 8.78 Å². The van der Waals surface area contributed by atoms with Gasteiger partial charge in [0.1, 0.15) is 12.4 Å². The minimum absolute atomic E-state index is 0.0212. The van der Waals surface area contributed by atoms with Crippen molar-refractivity contribution in [3.63, 3.8) is 0 Å². The molecule has 0 spiro atoms. The topological polar surface area (TPSA) is 77.9 Å². The molecule has 9 heteroatoms. The van der Waals surface area contributed by atoms with Gasteiger partial charge < -0.3 is 19.3 Å². The number of aryl methyl sites for hydroxylation is 1. The summed E-state index contributed by atoms with van der Waals surface area (Å²) in [6, 6.07) is 9.42. The number of ether oxygens (including phenoxy) is 3. The number of aliphatic carboxylic acids is 1. The van der Waals surface area contributed by atoms with Gasteiger partial charge in [-0.05, 0) is 65.5 Å². The van der Waals surface area contributed by atoms with Crippen LogP contribution in [0.5, 0.6) is 17.4 Å². The maximum atomic E-state index is 14.4. The third-order valence-electron chi connectivity index (χ3n) is 4.34. The summed E-state index contributed by atoms with van der Waals surface area (Å²) in [6.07, 6.45) is -0.199. The van der Waals surface area contributed by atoms with Crippen LogP contribution in [0, 0.1) is 11.6 Å². The number of carboxylic acids is 1. The lowest BCUT2D eigenvalue weighted by molar-refractivity contribution is -0.136. The van der Waals surface area contributed by atoms with Gasteiger partial charge in [-0.1, -0.05) is 0 Å². The van der Waals surface area contributed by atoms with Crippen molar-refractivity contribution in [1.82, 2.24) is 4.37 Å². The van der Waals surface area contributed by atoms with Crippen LogP contribution in [0.25, 0.3) is 10.4 Å². The largest absolute Gasteiger partial charge is 0.497 e. The van der Waals surface area contributed by atoms with Crippen LogP contribution in [0.3, 0.4) is 0 Å². The van der Waals surface area contributed by atoms with Gasteiger partial charge in [-0.2, -0.15) is 4.37 Å². The second kappa shape index (κ2) is 9.53. The molecule has 0 aliphatic heterocycles. The molecular weight excluding hydrogens is 416 g/mol. The molecule has 0 amide bonds. The van der Waals surface area contributed by atoms with Gasteiger partial charge in [0, 0.05) is 6.42 Å². The molecule has 6 nitrogen and oxygen atoms in total. The van der Waals surface area contributed by atoms with Crippen LogP contribution in [-0.2, 0) is 17.8 Å². The van der Waals surface area contributed by atoms with Crippen molar-refractivity contribution in [2.75, 3.05) is 14.2 Å². The molecule has 1 aromatic heterocycles. The fourth-order valence-corrected chi connectivity index (χ4v) is 3.70. The first kappa shape index (κ1) is 21.5. The number of halogens is 2. The Morgan fingerprint density at radius 3 is 2.33 bits per heavy atom. The number of aromatic nitrogens is 1. The molecule has 0 unspecified atom stereocenters. The van der Waals surface area contributed by atoms with Crippen molar-refractivity contribution in [2.45, 2.75) is 19.4 Å². The van der Waals surface area contributed by atoms with Crippen molar-refractivity contribution in [1.29, 1.82) is 0 Å². The first-order chi connectivity index (χ1) is 14.4. The third-order valence-corrected chi connectivity index (χ3v) is 5.27. The van der Waals surface area contributed by atoms with E-state index >= 15 is 0 Å². The number of rotatable bonds is 9. The highest BCUT2D eigenvalue weighted by atomic mass is 32.1. The molecule has 0 radical (unpaired) electrons. The Hall–Kier alpha value is -3.20. The monoisotopic (exact) mass is 435 g/mol. The van der Waals surface area contributed by atoms with E-state index in [0.29, 0.717) is 17.2 Å². The van der Waals surface area contributed by atoms with Crippen molar-refractivity contribution < 1.29 is 32.9 Å². The maximum absolute atomic E-state index is 14.4. The minimum Gasteiger partial charge on any atom is -0.497 e. The molecule has 0 bridgehead atoms. The van der Waals surface area contributed by atoms with Gasteiger partial charge in [-0.25, -0.2) is 8.78 Å². The minimum atomic E-state index is -1.04. The molecule has 0 saturated carbocycles. The van der Waals surface area contributed by atoms with E-state index in [1.807, 2.05) is 12.1 Å². The summed E-state index contributed by atoms with van der Waals surface area (Å²) in [5.74, 6) is -2.38. The zero-order chi connectivity index (χ0) is 21.7. The predicted molar refractivity (Wildman–Crippen MR) is 107 cm³/mol. The van der Waals surface area contributed by atoms with Crippen LogP contribution in [0.1, 0.15) is 17.5 Å². The van der Waals surface area contributed by atoms with Crippen molar-refractivity contribution in [2.24, 2.45) is 0 Å². The molecule has 0 aliphatic rings. The summed E-state index contributed by atoms with van der Waals surface area (Å²) in [6.45, 7) is -0.163. The van der Waals surface area contributed by atoms with Crippen LogP contribution in [0.2, 0.25) is 0 Å². The maximum Gasteiger partial charge on any atom is 0.303 e. The normalized spacial score (nSPS) is 10.7. The molecule has 3 aromatic rings. The standard InChI is InChI=1S/C21H19F2NO5S/c1-27-14-6-4-13(5-7-14)20-15(21(28-2)24-30-20)11-29-19-16(22)9-12(10-17(19)23)3-8-18(25)26/h4-7,9-10H,3,8,11H2,1-2H3,(H,25,26). The van der Waals surface area contributed by atoms with E-state index < -0.39 is 23.4 Å². The average molecular weight is 435 g/mol. The summed E-state index contributed by atoms with van der Waals surface area (Å²) in [7, 11) is 3.02. The number of carbonyl (C=O) groups is 1. The van der Waals surface area contributed by atoms with Crippen LogP contribution < -0.4 is 14.2 Å². The Kier molecular flexibility index (Phi) is 6.83. The van der Waals surface area contributed by atoms with E-state index in [9.17, 15) is 13.6 Å². The van der Waals surface area contributed by atoms with E-state index in [4.69, 9.17) is 19.3 Å². The number of carboxylic acid groups (broad SMARTS) is 1. The number of hydrogen-bond donors (Lipinski definition) is 1. The first-order valence-electron chi connectivity index (χ1n) is 8.92. The Morgan fingerprint density at radius 2 is 1.77 bits per heavy atom. The molecule has 0 fully saturated rings. The van der Waals surface area contributed by atoms with Crippen LogP contribution in [-0.4, -0.2) is 29.7 Å². The summed E-state index contributed by atoms with van der Waals surface area (Å²) in [4.78, 5) is 11.4. The van der Waals surface area contributed by atoms with Crippen molar-refractivity contribution >= 4 is 17.5 Å². The quantitative estimate of drug-likeness (QED) is 0.525. The van der Waals surface area contributed by atoms with Gasteiger partial charge in [0.25, 0.3) is 0 Å². The highest BCUT2D eigenvalue weighted by molar-refractivity contribution is 7.10. The average Bonchev–Trinajstić information content (AvgIpc) is 3.14. The highest BCUT2D eigenvalue weighted by Gasteiger charge is 2.20. The zero-order valence-electron chi connectivity index (χ0n) is 16.3. The lowest BCUT2D eigenvalue weighted by atomic mass is 10.1. The van der Waals surface area contributed by atoms with Gasteiger partial charge >= 0.3 is 5.97 Å². The molecular formula is C21H19F2NO5S. The molecule has 1 N–H and O–H groups in total. The van der Waals surface area contributed by atoms with Crippen LogP contribution >= 0.6 is 11.5 Å². The molecule has 158 valence electrons. The van der Waals surface area contributed by atoms with Gasteiger partial charge in [-0.15, -0.1) is 0 Å². The molecule has 0 atom stereocenters. The Morgan fingerprint density at radius 1 is 1.10 bits per heavy atom. The van der Waals surface area contributed by atoms with Gasteiger partial charge in [0.05, 0.1) is 24.7 Å². The SMILES string of the molecule is COc1ccc(-c2snc(OC)c2COc2c(F)cc(CCC(=O)O)cc2F)cc1. The number of methoxy groups -OCH3 is 2. The van der Waals surface area contributed by atoms with E-state index in [1.54, 1.807) is 19.2 Å². The van der Waals surface area contributed by atoms with Crippen LogP contribution in [0.15, 0.2) is 36.4 Å². The zero-order valence-corrected chi connectivity index (χ0v) is 17.1. The third kappa shape index (κ3) is 4.85. The summed E-state index contributed by atoms with van der Waals surface area (Å²) < 4.78 is 48.9. The molecule has 2 aromatic carbocycles. The molecule has 1 heterocycles. The smallest absolute Gasteiger partial charge is 0.303 e. The molecule has 0 aliphatic carbocycles. The first-order valence-corrected chi connectivity index (χ1v) is 9.69. The van der Waals surface area contributed by atoms with Crippen molar-refractivity contribution in [3.8, 4) is 27.8 Å².